The zero-order chi connectivity index (χ0) is 5.86. The van der Waals surface area contributed by atoms with Crippen LogP contribution in [0.5, 0.6) is 0 Å². The summed E-state index contributed by atoms with van der Waals surface area (Å²) in [6.07, 6.45) is 0. The van der Waals surface area contributed by atoms with Crippen molar-refractivity contribution in [3.8, 4) is 0 Å². The Bertz CT molecular complexity index is 39.0. The fraction of sp³-hybridized carbons (Fsp3) is 0. The van der Waals surface area contributed by atoms with Crippen molar-refractivity contribution in [2.24, 2.45) is 0 Å². The summed E-state index contributed by atoms with van der Waals surface area (Å²) < 4.78 is 1.36. The standard InChI is InChI=1S/BCl4N2/c2-6(3)1-7(4)5. The van der Waals surface area contributed by atoms with E-state index in [9.17, 15) is 0 Å². The summed E-state index contributed by atoms with van der Waals surface area (Å²) in [4.78, 5) is 0. The van der Waals surface area contributed by atoms with Crippen LogP contribution in [0, 0.1) is 0 Å². The molecule has 2 nitrogen and oxygen atoms in total. The second-order valence-corrected chi connectivity index (χ2v) is 2.44. The van der Waals surface area contributed by atoms with Gasteiger partial charge in [0.2, 0.25) is 0 Å². The van der Waals surface area contributed by atoms with Gasteiger partial charge in [-0.25, -0.2) is 0 Å². The molecule has 0 fully saturated rings. The molecule has 0 aromatic carbocycles. The number of halogens is 4. The van der Waals surface area contributed by atoms with E-state index in [2.05, 4.69) is 0 Å². The van der Waals surface area contributed by atoms with E-state index < -0.39 is 0 Å². The highest BCUT2D eigenvalue weighted by molar-refractivity contribution is 6.64. The van der Waals surface area contributed by atoms with Gasteiger partial charge >= 0.3 is 7.55 Å². The molecule has 0 aliphatic rings. The van der Waals surface area contributed by atoms with Gasteiger partial charge in [-0.1, -0.05) is 0 Å². The minimum Gasteiger partial charge on any atom is -0.159 e. The molecule has 0 N–H and O–H groups in total. The Morgan fingerprint density at radius 2 is 1.14 bits per heavy atom. The molecule has 41 valence electrons. The molecule has 0 heterocycles. The van der Waals surface area contributed by atoms with Crippen LogP contribution >= 0.6 is 47.1 Å². The van der Waals surface area contributed by atoms with E-state index in [1.165, 1.54) is 0 Å². The summed E-state index contributed by atoms with van der Waals surface area (Å²) in [5, 5.41) is 0. The second kappa shape index (κ2) is 4.07. The third-order valence-corrected chi connectivity index (χ3v) is 0.524. The molecule has 1 radical (unpaired) electrons. The van der Waals surface area contributed by atoms with Crippen LogP contribution < -0.4 is 0 Å². The fourth-order valence-electron chi connectivity index (χ4n) is 0.0660. The molecule has 0 bridgehead atoms. The smallest absolute Gasteiger partial charge is 0.159 e. The Morgan fingerprint density at radius 3 is 1.14 bits per heavy atom. The average Bonchev–Trinajstić information content (AvgIpc) is 1.27. The van der Waals surface area contributed by atoms with Crippen molar-refractivity contribution in [3.05, 3.63) is 0 Å². The van der Waals surface area contributed by atoms with Crippen LogP contribution in [0.1, 0.15) is 0 Å². The lowest BCUT2D eigenvalue weighted by Crippen LogP contribution is -2.15. The van der Waals surface area contributed by atoms with Gasteiger partial charge in [0.1, 0.15) is 0 Å². The third kappa shape index (κ3) is 7.14. The van der Waals surface area contributed by atoms with Crippen LogP contribution in [0.25, 0.3) is 0 Å². The molecule has 0 unspecified atom stereocenters. The minimum absolute atomic E-state index is 0.681. The van der Waals surface area contributed by atoms with E-state index in [4.69, 9.17) is 47.1 Å². The molecule has 0 atom stereocenters. The van der Waals surface area contributed by atoms with E-state index in [1.807, 2.05) is 0 Å². The van der Waals surface area contributed by atoms with Crippen molar-refractivity contribution >= 4 is 54.7 Å². The first-order chi connectivity index (χ1) is 3.13. The molecule has 0 saturated heterocycles. The molecule has 7 heteroatoms. The summed E-state index contributed by atoms with van der Waals surface area (Å²) in [5.41, 5.74) is 0. The number of hydrogen-bond donors (Lipinski definition) is 0. The van der Waals surface area contributed by atoms with Gasteiger partial charge in [-0.3, -0.25) is 0 Å². The maximum absolute atomic E-state index is 5.01. The van der Waals surface area contributed by atoms with Gasteiger partial charge in [0.15, 0.2) is 0 Å². The largest absolute Gasteiger partial charge is 0.388 e. The molecule has 0 aromatic rings. The zero-order valence-electron chi connectivity index (χ0n) is 2.98. The van der Waals surface area contributed by atoms with Gasteiger partial charge in [-0.2, -0.15) is 7.70 Å². The number of nitrogens with zero attached hydrogens (tertiary/aromatic N) is 2. The Morgan fingerprint density at radius 1 is 0.857 bits per heavy atom. The molecule has 0 amide bonds. The molecule has 0 aliphatic heterocycles. The van der Waals surface area contributed by atoms with Crippen LogP contribution in [0.3, 0.4) is 0 Å². The third-order valence-electron chi connectivity index (χ3n) is 0.175. The Balaban J connectivity index is 2.95. The van der Waals surface area contributed by atoms with Crippen LogP contribution in [-0.2, 0) is 0 Å². The summed E-state index contributed by atoms with van der Waals surface area (Å²) in [6, 6.07) is 0. The highest BCUT2D eigenvalue weighted by atomic mass is 35.5. The van der Waals surface area contributed by atoms with Crippen molar-refractivity contribution < 1.29 is 0 Å². The topological polar surface area (TPSA) is 6.48 Å². The number of hydrogen-bond acceptors (Lipinski definition) is 2. The van der Waals surface area contributed by atoms with Crippen LogP contribution in [-0.4, -0.2) is 15.2 Å². The van der Waals surface area contributed by atoms with Crippen LogP contribution in [0.15, 0.2) is 0 Å². The summed E-state index contributed by atoms with van der Waals surface area (Å²) in [6.45, 7) is 0. The lowest BCUT2D eigenvalue weighted by Gasteiger charge is -2.00. The van der Waals surface area contributed by atoms with E-state index in [0.717, 1.165) is 7.55 Å². The van der Waals surface area contributed by atoms with Gasteiger partial charge in [0, 0.05) is 0 Å². The highest BCUT2D eigenvalue weighted by Crippen LogP contribution is 2.02. The zero-order valence-corrected chi connectivity index (χ0v) is 6.01. The predicted molar refractivity (Wildman–Crippen MR) is 32.8 cm³/mol. The van der Waals surface area contributed by atoms with Gasteiger partial charge in [-0.15, -0.1) is 0 Å². The van der Waals surface area contributed by atoms with Crippen molar-refractivity contribution in [1.82, 2.24) is 7.70 Å². The predicted octanol–water partition coefficient (Wildman–Crippen LogP) is 1.74. The SMILES string of the molecule is ClN(Cl)[B]N(Cl)Cl. The van der Waals surface area contributed by atoms with Crippen molar-refractivity contribution in [1.29, 1.82) is 0 Å². The summed E-state index contributed by atoms with van der Waals surface area (Å²) >= 11 is 20.0. The Hall–Kier alpha value is 1.14. The molecule has 0 spiro atoms. The normalized spacial score (nSPS) is 10.6. The summed E-state index contributed by atoms with van der Waals surface area (Å²) in [7, 11) is 1.06. The first-order valence-corrected chi connectivity index (χ1v) is 2.54. The maximum Gasteiger partial charge on any atom is 0.388 e. The van der Waals surface area contributed by atoms with Gasteiger partial charge < -0.3 is 0 Å². The molecule has 7 heavy (non-hydrogen) atoms. The molecule has 0 aromatic heterocycles. The molecule has 0 saturated carbocycles. The Kier molecular flexibility index (Phi) is 4.73. The van der Waals surface area contributed by atoms with Crippen molar-refractivity contribution in [3.63, 3.8) is 0 Å². The lowest BCUT2D eigenvalue weighted by atomic mass is 10.3. The van der Waals surface area contributed by atoms with Gasteiger partial charge in [-0.05, 0) is 47.1 Å². The van der Waals surface area contributed by atoms with E-state index in [-0.39, 0.29) is 0 Å². The lowest BCUT2D eigenvalue weighted by molar-refractivity contribution is 1.01. The highest BCUT2D eigenvalue weighted by Gasteiger charge is 2.04. The van der Waals surface area contributed by atoms with Crippen LogP contribution in [0.2, 0.25) is 0 Å². The van der Waals surface area contributed by atoms with Gasteiger partial charge in [0.25, 0.3) is 0 Å². The maximum atomic E-state index is 5.01. The monoisotopic (exact) mass is 179 g/mol. The average molecular weight is 181 g/mol. The number of rotatable bonds is 2. The molecular weight excluding hydrogens is 181 g/mol. The first-order valence-electron chi connectivity index (χ1n) is 1.19. The minimum atomic E-state index is 0.681. The van der Waals surface area contributed by atoms with E-state index >= 15 is 0 Å². The molecule has 0 rings (SSSR count). The molecular formula is BCl4N2. The summed E-state index contributed by atoms with van der Waals surface area (Å²) in [5.74, 6) is 0. The van der Waals surface area contributed by atoms with Gasteiger partial charge in [0.05, 0.1) is 0 Å². The second-order valence-electron chi connectivity index (χ2n) is 0.634. The van der Waals surface area contributed by atoms with Crippen molar-refractivity contribution in [2.75, 3.05) is 0 Å². The fourth-order valence-corrected chi connectivity index (χ4v) is 0.594. The quantitative estimate of drug-likeness (QED) is 0.472. The van der Waals surface area contributed by atoms with Crippen LogP contribution in [0.4, 0.5) is 0 Å². The van der Waals surface area contributed by atoms with E-state index in [0.29, 0.717) is 7.70 Å². The van der Waals surface area contributed by atoms with E-state index in [1.54, 1.807) is 0 Å². The first kappa shape index (κ1) is 8.14. The molecule has 0 aliphatic carbocycles. The Labute approximate surface area is 62.6 Å². The van der Waals surface area contributed by atoms with Crippen molar-refractivity contribution in [2.45, 2.75) is 0 Å².